The quantitative estimate of drug-likeness (QED) is 0.816. The zero-order chi connectivity index (χ0) is 15.4. The van der Waals surface area contributed by atoms with Gasteiger partial charge >= 0.3 is 0 Å². The molecule has 0 saturated carbocycles. The molecule has 0 aliphatic carbocycles. The number of hydrogen-bond acceptors (Lipinski definition) is 1. The molecule has 2 aromatic rings. The highest BCUT2D eigenvalue weighted by molar-refractivity contribution is 5.65. The van der Waals surface area contributed by atoms with E-state index in [1.54, 1.807) is 6.92 Å². The van der Waals surface area contributed by atoms with Gasteiger partial charge < -0.3 is 5.32 Å². The molecule has 0 fully saturated rings. The summed E-state index contributed by atoms with van der Waals surface area (Å²) in [5.74, 6) is -0.771. The van der Waals surface area contributed by atoms with Gasteiger partial charge in [-0.2, -0.15) is 0 Å². The van der Waals surface area contributed by atoms with E-state index in [0.717, 1.165) is 18.5 Å². The smallest absolute Gasteiger partial charge is 0.131 e. The molecule has 1 unspecified atom stereocenters. The maximum atomic E-state index is 14.0. The number of rotatable bonds is 5. The molecule has 2 rings (SSSR count). The lowest BCUT2D eigenvalue weighted by Crippen LogP contribution is -2.19. The summed E-state index contributed by atoms with van der Waals surface area (Å²) in [5, 5.41) is 3.40. The van der Waals surface area contributed by atoms with Crippen LogP contribution in [0.25, 0.3) is 11.1 Å². The highest BCUT2D eigenvalue weighted by atomic mass is 19.1. The largest absolute Gasteiger partial charge is 0.310 e. The Kier molecular flexibility index (Phi) is 5.07. The van der Waals surface area contributed by atoms with Crippen LogP contribution in [0, 0.1) is 18.6 Å². The number of hydrogen-bond donors (Lipinski definition) is 1. The Morgan fingerprint density at radius 1 is 1.05 bits per heavy atom. The Morgan fingerprint density at radius 3 is 2.33 bits per heavy atom. The van der Waals surface area contributed by atoms with E-state index in [0.29, 0.717) is 16.7 Å². The molecule has 21 heavy (non-hydrogen) atoms. The van der Waals surface area contributed by atoms with Crippen LogP contribution in [0.5, 0.6) is 0 Å². The summed E-state index contributed by atoms with van der Waals surface area (Å²) < 4.78 is 27.6. The fraction of sp³-hybridized carbons (Fsp3) is 0.333. The standard InChI is InChI=1S/C18H21F2N/c1-4-9-21-13(3)14-5-7-15(8-6-14)16-11-17(19)12(2)10-18(16)20/h5-8,10-11,13,21H,4,9H2,1-3H3. The Morgan fingerprint density at radius 2 is 1.71 bits per heavy atom. The molecular weight excluding hydrogens is 268 g/mol. The van der Waals surface area contributed by atoms with E-state index >= 15 is 0 Å². The maximum Gasteiger partial charge on any atom is 0.131 e. The molecule has 0 aliphatic rings. The molecule has 0 amide bonds. The van der Waals surface area contributed by atoms with Crippen LogP contribution in [0.15, 0.2) is 36.4 Å². The van der Waals surface area contributed by atoms with E-state index in [1.807, 2.05) is 24.3 Å². The Hall–Kier alpha value is -1.74. The lowest BCUT2D eigenvalue weighted by molar-refractivity contribution is 0.571. The average molecular weight is 289 g/mol. The molecule has 2 aromatic carbocycles. The normalized spacial score (nSPS) is 12.4. The monoisotopic (exact) mass is 289 g/mol. The maximum absolute atomic E-state index is 14.0. The van der Waals surface area contributed by atoms with E-state index < -0.39 is 0 Å². The highest BCUT2D eigenvalue weighted by Gasteiger charge is 2.10. The molecular formula is C18H21F2N. The first-order valence-electron chi connectivity index (χ1n) is 7.32. The molecule has 0 aromatic heterocycles. The van der Waals surface area contributed by atoms with Gasteiger partial charge in [-0.05, 0) is 55.6 Å². The lowest BCUT2D eigenvalue weighted by atomic mass is 10.00. The minimum absolute atomic E-state index is 0.249. The van der Waals surface area contributed by atoms with Crippen molar-refractivity contribution in [2.45, 2.75) is 33.2 Å². The van der Waals surface area contributed by atoms with Crippen LogP contribution in [0.1, 0.15) is 37.4 Å². The minimum Gasteiger partial charge on any atom is -0.310 e. The fourth-order valence-corrected chi connectivity index (χ4v) is 2.30. The molecule has 1 N–H and O–H groups in total. The van der Waals surface area contributed by atoms with E-state index in [-0.39, 0.29) is 17.7 Å². The van der Waals surface area contributed by atoms with Crippen molar-refractivity contribution < 1.29 is 8.78 Å². The number of nitrogens with one attached hydrogen (secondary N) is 1. The van der Waals surface area contributed by atoms with Gasteiger partial charge in [-0.15, -0.1) is 0 Å². The van der Waals surface area contributed by atoms with Gasteiger partial charge in [-0.3, -0.25) is 0 Å². The van der Waals surface area contributed by atoms with Gasteiger partial charge in [-0.25, -0.2) is 8.78 Å². The van der Waals surface area contributed by atoms with E-state index in [4.69, 9.17) is 0 Å². The zero-order valence-corrected chi connectivity index (χ0v) is 12.7. The van der Waals surface area contributed by atoms with Crippen LogP contribution in [0.2, 0.25) is 0 Å². The third kappa shape index (κ3) is 3.67. The summed E-state index contributed by atoms with van der Waals surface area (Å²) in [6.45, 7) is 6.74. The van der Waals surface area contributed by atoms with Crippen molar-refractivity contribution in [3.8, 4) is 11.1 Å². The molecule has 0 saturated heterocycles. The lowest BCUT2D eigenvalue weighted by Gasteiger charge is -2.14. The van der Waals surface area contributed by atoms with Crippen LogP contribution in [-0.4, -0.2) is 6.54 Å². The number of halogens is 2. The van der Waals surface area contributed by atoms with Gasteiger partial charge in [0.25, 0.3) is 0 Å². The molecule has 3 heteroatoms. The minimum atomic E-state index is -0.390. The van der Waals surface area contributed by atoms with Crippen LogP contribution in [0.4, 0.5) is 8.78 Å². The Balaban J connectivity index is 2.25. The van der Waals surface area contributed by atoms with Gasteiger partial charge in [0.2, 0.25) is 0 Å². The summed E-state index contributed by atoms with van der Waals surface area (Å²) in [6, 6.07) is 10.3. The van der Waals surface area contributed by atoms with Crippen LogP contribution >= 0.6 is 0 Å². The van der Waals surface area contributed by atoms with Gasteiger partial charge in [0.05, 0.1) is 0 Å². The van der Waals surface area contributed by atoms with Gasteiger partial charge in [-0.1, -0.05) is 31.2 Å². The van der Waals surface area contributed by atoms with Crippen molar-refractivity contribution in [3.05, 3.63) is 59.2 Å². The highest BCUT2D eigenvalue weighted by Crippen LogP contribution is 2.26. The van der Waals surface area contributed by atoms with Crippen LogP contribution < -0.4 is 5.32 Å². The summed E-state index contributed by atoms with van der Waals surface area (Å²) in [4.78, 5) is 0. The second kappa shape index (κ2) is 6.81. The number of aryl methyl sites for hydroxylation is 1. The van der Waals surface area contributed by atoms with E-state index in [2.05, 4.69) is 19.2 Å². The van der Waals surface area contributed by atoms with E-state index in [9.17, 15) is 8.78 Å². The third-order valence-electron chi connectivity index (χ3n) is 3.67. The van der Waals surface area contributed by atoms with Gasteiger partial charge in [0.1, 0.15) is 11.6 Å². The van der Waals surface area contributed by atoms with Crippen molar-refractivity contribution in [2.24, 2.45) is 0 Å². The third-order valence-corrected chi connectivity index (χ3v) is 3.67. The van der Waals surface area contributed by atoms with Crippen LogP contribution in [0.3, 0.4) is 0 Å². The Labute approximate surface area is 125 Å². The van der Waals surface area contributed by atoms with Crippen molar-refractivity contribution in [2.75, 3.05) is 6.54 Å². The predicted molar refractivity (Wildman–Crippen MR) is 83.2 cm³/mol. The van der Waals surface area contributed by atoms with Crippen molar-refractivity contribution in [1.82, 2.24) is 5.32 Å². The molecule has 0 bridgehead atoms. The first kappa shape index (κ1) is 15.6. The summed E-state index contributed by atoms with van der Waals surface area (Å²) in [6.07, 6.45) is 1.08. The van der Waals surface area contributed by atoms with Gasteiger partial charge in [0, 0.05) is 11.6 Å². The van der Waals surface area contributed by atoms with Crippen molar-refractivity contribution in [3.63, 3.8) is 0 Å². The molecule has 0 radical (unpaired) electrons. The average Bonchev–Trinajstić information content (AvgIpc) is 2.48. The Bertz CT molecular complexity index is 605. The SMILES string of the molecule is CCCNC(C)c1ccc(-c2cc(F)c(C)cc2F)cc1. The fourth-order valence-electron chi connectivity index (χ4n) is 2.30. The molecule has 0 aliphatic heterocycles. The molecule has 0 heterocycles. The van der Waals surface area contributed by atoms with Gasteiger partial charge in [0.15, 0.2) is 0 Å². The topological polar surface area (TPSA) is 12.0 Å². The van der Waals surface area contributed by atoms with E-state index in [1.165, 1.54) is 12.1 Å². The second-order valence-electron chi connectivity index (χ2n) is 5.38. The van der Waals surface area contributed by atoms with Crippen molar-refractivity contribution >= 4 is 0 Å². The zero-order valence-electron chi connectivity index (χ0n) is 12.7. The predicted octanol–water partition coefficient (Wildman–Crippen LogP) is 5.00. The first-order chi connectivity index (χ1) is 10.0. The van der Waals surface area contributed by atoms with Crippen LogP contribution in [-0.2, 0) is 0 Å². The number of benzene rings is 2. The summed E-state index contributed by atoms with van der Waals surface area (Å²) >= 11 is 0. The molecule has 1 nitrogen and oxygen atoms in total. The second-order valence-corrected chi connectivity index (χ2v) is 5.38. The molecule has 112 valence electrons. The molecule has 1 atom stereocenters. The summed E-state index contributed by atoms with van der Waals surface area (Å²) in [7, 11) is 0. The molecule has 0 spiro atoms. The van der Waals surface area contributed by atoms with Crippen molar-refractivity contribution in [1.29, 1.82) is 0 Å². The summed E-state index contributed by atoms with van der Waals surface area (Å²) in [5.41, 5.74) is 2.46. The first-order valence-corrected chi connectivity index (χ1v) is 7.32.